The molecule has 0 saturated carbocycles. The SMILES string of the molecule is Cc1ccc(N2C(=O)c3oc4cc(C)c(C)cc4c(=O)c3C2c2ccc(Br)cc2)nc1. The Morgan fingerprint density at radius 2 is 1.68 bits per heavy atom. The van der Waals surface area contributed by atoms with Crippen LogP contribution in [0.2, 0.25) is 0 Å². The number of hydrogen-bond donors (Lipinski definition) is 0. The van der Waals surface area contributed by atoms with E-state index in [1.165, 1.54) is 0 Å². The number of nitrogens with zero attached hydrogens (tertiary/aromatic N) is 2. The fourth-order valence-electron chi connectivity index (χ4n) is 4.03. The molecule has 0 fully saturated rings. The maximum Gasteiger partial charge on any atom is 0.296 e. The second-order valence-corrected chi connectivity index (χ2v) is 8.85. The highest BCUT2D eigenvalue weighted by Crippen LogP contribution is 2.41. The molecule has 1 amide bonds. The Balaban J connectivity index is 1.82. The zero-order valence-electron chi connectivity index (χ0n) is 17.3. The van der Waals surface area contributed by atoms with Crippen LogP contribution in [0.15, 0.2) is 68.4 Å². The van der Waals surface area contributed by atoms with E-state index in [-0.39, 0.29) is 17.1 Å². The van der Waals surface area contributed by atoms with Gasteiger partial charge in [0.25, 0.3) is 5.91 Å². The molecule has 0 N–H and O–H groups in total. The lowest BCUT2D eigenvalue weighted by Crippen LogP contribution is -2.30. The van der Waals surface area contributed by atoms with Crippen LogP contribution in [-0.2, 0) is 0 Å². The summed E-state index contributed by atoms with van der Waals surface area (Å²) in [4.78, 5) is 33.2. The van der Waals surface area contributed by atoms with E-state index in [4.69, 9.17) is 4.42 Å². The Kier molecular flexibility index (Phi) is 4.55. The zero-order chi connectivity index (χ0) is 21.9. The van der Waals surface area contributed by atoms with Crippen molar-refractivity contribution in [3.05, 3.63) is 103 Å². The van der Waals surface area contributed by atoms with Gasteiger partial charge in [-0.25, -0.2) is 4.98 Å². The van der Waals surface area contributed by atoms with Crippen molar-refractivity contribution in [2.24, 2.45) is 0 Å². The average Bonchev–Trinajstić information content (AvgIpc) is 3.04. The average molecular weight is 475 g/mol. The molecule has 2 aromatic heterocycles. The van der Waals surface area contributed by atoms with Crippen LogP contribution in [0.3, 0.4) is 0 Å². The van der Waals surface area contributed by atoms with E-state index in [0.717, 1.165) is 26.7 Å². The van der Waals surface area contributed by atoms with Crippen LogP contribution in [0.25, 0.3) is 11.0 Å². The Labute approximate surface area is 187 Å². The normalized spacial score (nSPS) is 15.5. The standard InChI is InChI=1S/C25H19BrN2O3/c1-13-4-9-20(27-12-13)28-22(16-5-7-17(26)8-6-16)21-23(29)18-10-14(2)15(3)11-19(18)31-24(21)25(28)30/h4-12,22H,1-3H3. The van der Waals surface area contributed by atoms with Gasteiger partial charge in [-0.2, -0.15) is 0 Å². The molecular weight excluding hydrogens is 456 g/mol. The molecule has 0 saturated heterocycles. The van der Waals surface area contributed by atoms with Crippen molar-refractivity contribution < 1.29 is 9.21 Å². The first-order chi connectivity index (χ1) is 14.8. The van der Waals surface area contributed by atoms with Gasteiger partial charge in [0.1, 0.15) is 11.4 Å². The number of aryl methyl sites for hydroxylation is 3. The first-order valence-electron chi connectivity index (χ1n) is 9.95. The predicted octanol–water partition coefficient (Wildman–Crippen LogP) is 5.63. The van der Waals surface area contributed by atoms with Crippen LogP contribution in [0, 0.1) is 20.8 Å². The third kappa shape index (κ3) is 3.10. The van der Waals surface area contributed by atoms with Crippen molar-refractivity contribution >= 4 is 38.6 Å². The Morgan fingerprint density at radius 1 is 0.968 bits per heavy atom. The van der Waals surface area contributed by atoms with Gasteiger partial charge < -0.3 is 4.42 Å². The Hall–Kier alpha value is -3.25. The lowest BCUT2D eigenvalue weighted by Gasteiger charge is -2.24. The fourth-order valence-corrected chi connectivity index (χ4v) is 4.29. The number of rotatable bonds is 2. The minimum atomic E-state index is -0.618. The molecule has 5 rings (SSSR count). The molecule has 1 aliphatic heterocycles. The quantitative estimate of drug-likeness (QED) is 0.377. The molecule has 5 nitrogen and oxygen atoms in total. The van der Waals surface area contributed by atoms with Gasteiger partial charge in [-0.3, -0.25) is 14.5 Å². The minimum Gasteiger partial charge on any atom is -0.450 e. The molecule has 31 heavy (non-hydrogen) atoms. The molecule has 1 aliphatic rings. The number of carbonyl (C=O) groups excluding carboxylic acids is 1. The number of fused-ring (bicyclic) bond motifs is 2. The van der Waals surface area contributed by atoms with Gasteiger partial charge >= 0.3 is 0 Å². The number of aromatic nitrogens is 1. The number of anilines is 1. The smallest absolute Gasteiger partial charge is 0.296 e. The van der Waals surface area contributed by atoms with Crippen molar-refractivity contribution in [1.29, 1.82) is 0 Å². The Morgan fingerprint density at radius 3 is 2.35 bits per heavy atom. The summed E-state index contributed by atoms with van der Waals surface area (Å²) in [6.45, 7) is 5.85. The van der Waals surface area contributed by atoms with Gasteiger partial charge in [-0.05, 0) is 73.4 Å². The summed E-state index contributed by atoms with van der Waals surface area (Å²) in [7, 11) is 0. The van der Waals surface area contributed by atoms with E-state index in [2.05, 4.69) is 20.9 Å². The van der Waals surface area contributed by atoms with E-state index in [9.17, 15) is 9.59 Å². The van der Waals surface area contributed by atoms with Gasteiger partial charge in [-0.1, -0.05) is 34.1 Å². The van der Waals surface area contributed by atoms with Crippen LogP contribution >= 0.6 is 15.9 Å². The number of halogens is 1. The van der Waals surface area contributed by atoms with Gasteiger partial charge in [0.05, 0.1) is 17.0 Å². The molecule has 0 radical (unpaired) electrons. The van der Waals surface area contributed by atoms with Crippen molar-refractivity contribution in [3.8, 4) is 0 Å². The number of hydrogen-bond acceptors (Lipinski definition) is 4. The van der Waals surface area contributed by atoms with Gasteiger partial charge in [0, 0.05) is 10.7 Å². The monoisotopic (exact) mass is 474 g/mol. The van der Waals surface area contributed by atoms with E-state index in [1.807, 2.05) is 63.2 Å². The van der Waals surface area contributed by atoms with Crippen LogP contribution < -0.4 is 10.3 Å². The zero-order valence-corrected chi connectivity index (χ0v) is 18.9. The number of amides is 1. The van der Waals surface area contributed by atoms with E-state index in [0.29, 0.717) is 22.4 Å². The topological polar surface area (TPSA) is 63.4 Å². The summed E-state index contributed by atoms with van der Waals surface area (Å²) in [5.74, 6) is 0.193. The van der Waals surface area contributed by atoms with Crippen LogP contribution in [0.1, 0.15) is 44.4 Å². The second kappa shape index (κ2) is 7.17. The highest BCUT2D eigenvalue weighted by molar-refractivity contribution is 9.10. The summed E-state index contributed by atoms with van der Waals surface area (Å²) in [6.07, 6.45) is 1.71. The van der Waals surface area contributed by atoms with Gasteiger partial charge in [0.2, 0.25) is 5.76 Å². The molecule has 4 aromatic rings. The maximum atomic E-state index is 13.6. The summed E-state index contributed by atoms with van der Waals surface area (Å²) in [5.41, 5.74) is 4.39. The number of carbonyl (C=O) groups is 1. The van der Waals surface area contributed by atoms with E-state index < -0.39 is 6.04 Å². The van der Waals surface area contributed by atoms with Gasteiger partial charge in [-0.15, -0.1) is 0 Å². The third-order valence-electron chi connectivity index (χ3n) is 5.81. The number of pyridine rings is 1. The second-order valence-electron chi connectivity index (χ2n) is 7.93. The lowest BCUT2D eigenvalue weighted by molar-refractivity contribution is 0.0970. The molecule has 6 heteroatoms. The molecule has 1 unspecified atom stereocenters. The van der Waals surface area contributed by atoms with E-state index >= 15 is 0 Å². The molecule has 154 valence electrons. The predicted molar refractivity (Wildman–Crippen MR) is 124 cm³/mol. The molecule has 3 heterocycles. The highest BCUT2D eigenvalue weighted by atomic mass is 79.9. The van der Waals surface area contributed by atoms with Crippen molar-refractivity contribution in [1.82, 2.24) is 4.98 Å². The first-order valence-corrected chi connectivity index (χ1v) is 10.7. The lowest BCUT2D eigenvalue weighted by atomic mass is 9.97. The van der Waals surface area contributed by atoms with E-state index in [1.54, 1.807) is 17.2 Å². The van der Waals surface area contributed by atoms with Crippen molar-refractivity contribution in [2.75, 3.05) is 4.90 Å². The van der Waals surface area contributed by atoms with Crippen LogP contribution in [0.5, 0.6) is 0 Å². The largest absolute Gasteiger partial charge is 0.450 e. The molecular formula is C25H19BrN2O3. The Bertz CT molecular complexity index is 1410. The highest BCUT2D eigenvalue weighted by Gasteiger charge is 2.44. The summed E-state index contributed by atoms with van der Waals surface area (Å²) < 4.78 is 6.97. The van der Waals surface area contributed by atoms with Crippen LogP contribution in [0.4, 0.5) is 5.82 Å². The molecule has 0 bridgehead atoms. The molecule has 2 aromatic carbocycles. The third-order valence-corrected chi connectivity index (χ3v) is 6.34. The van der Waals surface area contributed by atoms with Crippen molar-refractivity contribution in [2.45, 2.75) is 26.8 Å². The molecule has 0 aliphatic carbocycles. The first kappa shape index (κ1) is 19.7. The molecule has 0 spiro atoms. The minimum absolute atomic E-state index is 0.0797. The summed E-state index contributed by atoms with van der Waals surface area (Å²) in [6, 6.07) is 14.3. The molecule has 1 atom stereocenters. The van der Waals surface area contributed by atoms with Crippen molar-refractivity contribution in [3.63, 3.8) is 0 Å². The van der Waals surface area contributed by atoms with Gasteiger partial charge in [0.15, 0.2) is 5.43 Å². The van der Waals surface area contributed by atoms with Crippen LogP contribution in [-0.4, -0.2) is 10.9 Å². The maximum absolute atomic E-state index is 13.6. The summed E-state index contributed by atoms with van der Waals surface area (Å²) in [5, 5.41) is 0.482. The number of benzene rings is 2. The summed E-state index contributed by atoms with van der Waals surface area (Å²) >= 11 is 3.45. The fraction of sp³-hybridized carbons (Fsp3) is 0.160.